The molecular weight excluding hydrogens is 184 g/mol. The summed E-state index contributed by atoms with van der Waals surface area (Å²) in [6, 6.07) is 7.44. The van der Waals surface area contributed by atoms with Gasteiger partial charge < -0.3 is 10.2 Å². The van der Waals surface area contributed by atoms with Crippen LogP contribution in [-0.2, 0) is 4.79 Å². The van der Waals surface area contributed by atoms with Crippen molar-refractivity contribution in [3.05, 3.63) is 35.4 Å². The van der Waals surface area contributed by atoms with E-state index in [-0.39, 0.29) is 5.78 Å². The first-order valence-corrected chi connectivity index (χ1v) is 4.08. The number of carboxylic acids is 1. The van der Waals surface area contributed by atoms with Crippen LogP contribution in [0.5, 0.6) is 0 Å². The molecule has 1 unspecified atom stereocenters. The van der Waals surface area contributed by atoms with E-state index in [0.29, 0.717) is 0 Å². The molecule has 2 aliphatic rings. The van der Waals surface area contributed by atoms with Gasteiger partial charge >= 0.3 is 5.97 Å². The lowest BCUT2D eigenvalue weighted by Gasteiger charge is -2.10. The average Bonchev–Trinajstić information content (AvgIpc) is 2.19. The van der Waals surface area contributed by atoms with Gasteiger partial charge in [-0.1, -0.05) is 18.2 Å². The summed E-state index contributed by atoms with van der Waals surface area (Å²) in [5.74, 6) is -0.984. The van der Waals surface area contributed by atoms with Crippen LogP contribution < -0.4 is 0 Å². The van der Waals surface area contributed by atoms with Gasteiger partial charge in [0.1, 0.15) is 6.10 Å². The summed E-state index contributed by atoms with van der Waals surface area (Å²) in [5, 5.41) is 15.8. The van der Waals surface area contributed by atoms with Crippen molar-refractivity contribution >= 4 is 11.8 Å². The molecule has 0 heterocycles. The highest BCUT2D eigenvalue weighted by atomic mass is 16.4. The van der Waals surface area contributed by atoms with Crippen LogP contribution in [0.1, 0.15) is 22.8 Å². The van der Waals surface area contributed by atoms with Crippen molar-refractivity contribution in [2.24, 2.45) is 0 Å². The Morgan fingerprint density at radius 3 is 1.93 bits per heavy atom. The molecule has 2 aliphatic carbocycles. The fourth-order valence-electron chi connectivity index (χ4n) is 0.891. The van der Waals surface area contributed by atoms with E-state index in [0.717, 1.165) is 11.1 Å². The number of hydrogen-bond acceptors (Lipinski definition) is 3. The molecule has 0 aromatic heterocycles. The number of rotatable bonds is 1. The number of hydrogen-bond donors (Lipinski definition) is 2. The van der Waals surface area contributed by atoms with E-state index in [9.17, 15) is 9.59 Å². The topological polar surface area (TPSA) is 74.6 Å². The van der Waals surface area contributed by atoms with Gasteiger partial charge in [0.15, 0.2) is 5.78 Å². The molecule has 0 fully saturated rings. The number of aliphatic carboxylic acids is 1. The molecule has 0 amide bonds. The van der Waals surface area contributed by atoms with Gasteiger partial charge in [-0.25, -0.2) is 4.79 Å². The molecule has 3 rings (SSSR count). The van der Waals surface area contributed by atoms with Crippen LogP contribution in [0, 0.1) is 0 Å². The van der Waals surface area contributed by atoms with E-state index in [1.54, 1.807) is 0 Å². The number of aliphatic hydroxyl groups excluding tert-OH is 1. The molecule has 2 N–H and O–H groups in total. The summed E-state index contributed by atoms with van der Waals surface area (Å²) in [4.78, 5) is 20.1. The minimum absolute atomic E-state index is 0.201. The van der Waals surface area contributed by atoms with Crippen molar-refractivity contribution in [3.8, 4) is 0 Å². The number of benzene rings is 1. The fourth-order valence-corrected chi connectivity index (χ4v) is 0.891. The first-order valence-electron chi connectivity index (χ1n) is 4.08. The van der Waals surface area contributed by atoms with Crippen molar-refractivity contribution in [1.29, 1.82) is 0 Å². The van der Waals surface area contributed by atoms with Gasteiger partial charge in [-0.3, -0.25) is 4.79 Å². The van der Waals surface area contributed by atoms with E-state index in [1.165, 1.54) is 6.92 Å². The third kappa shape index (κ3) is 2.17. The molecular formula is C10H10O4. The highest BCUT2D eigenvalue weighted by Crippen LogP contribution is 2.19. The summed E-state index contributed by atoms with van der Waals surface area (Å²) >= 11 is 0. The van der Waals surface area contributed by atoms with E-state index in [4.69, 9.17) is 10.2 Å². The molecule has 1 aromatic carbocycles. The largest absolute Gasteiger partial charge is 0.479 e. The maximum absolute atomic E-state index is 10.7. The van der Waals surface area contributed by atoms with Crippen molar-refractivity contribution in [2.45, 2.75) is 13.0 Å². The fraction of sp³-hybridized carbons (Fsp3) is 0.200. The Kier molecular flexibility index (Phi) is 2.99. The molecule has 0 radical (unpaired) electrons. The van der Waals surface area contributed by atoms with E-state index < -0.39 is 12.1 Å². The zero-order valence-corrected chi connectivity index (χ0v) is 7.60. The standard InChI is InChI=1S/C7H4O.C3H6O3/c8-7-5-2-1-3-6(7)4-5;1-2(4)3(5)6/h1-4H;2,4H,1H3,(H,5,6). The predicted octanol–water partition coefficient (Wildman–Crippen LogP) is 0.683. The number of ketones is 1. The molecule has 2 bridgehead atoms. The normalized spacial score (nSPS) is 13.4. The maximum atomic E-state index is 10.7. The van der Waals surface area contributed by atoms with Crippen molar-refractivity contribution in [2.75, 3.05) is 0 Å². The molecule has 14 heavy (non-hydrogen) atoms. The first-order chi connectivity index (χ1) is 6.52. The minimum atomic E-state index is -1.23. The van der Waals surface area contributed by atoms with Gasteiger partial charge in [0.2, 0.25) is 0 Å². The summed E-state index contributed by atoms with van der Waals surface area (Å²) in [7, 11) is 0. The Labute approximate surface area is 80.8 Å². The SMILES string of the molecule is CC(O)C(=O)O.O=C1c2cccc1c2. The van der Waals surface area contributed by atoms with Gasteiger partial charge in [-0.15, -0.1) is 0 Å². The van der Waals surface area contributed by atoms with Crippen molar-refractivity contribution in [3.63, 3.8) is 0 Å². The van der Waals surface area contributed by atoms with Gasteiger partial charge in [0.05, 0.1) is 0 Å². The number of carbonyl (C=O) groups is 2. The Morgan fingerprint density at radius 2 is 1.79 bits per heavy atom. The van der Waals surface area contributed by atoms with Crippen LogP contribution in [0.15, 0.2) is 24.3 Å². The quantitative estimate of drug-likeness (QED) is 0.700. The van der Waals surface area contributed by atoms with Crippen LogP contribution in [0.2, 0.25) is 0 Å². The summed E-state index contributed by atoms with van der Waals surface area (Å²) in [6.07, 6.45) is -1.23. The summed E-state index contributed by atoms with van der Waals surface area (Å²) in [5.41, 5.74) is 1.70. The molecule has 4 heteroatoms. The molecule has 1 atom stereocenters. The van der Waals surface area contributed by atoms with Crippen LogP contribution in [0.25, 0.3) is 0 Å². The predicted molar refractivity (Wildman–Crippen MR) is 49.2 cm³/mol. The molecule has 4 nitrogen and oxygen atoms in total. The summed E-state index contributed by atoms with van der Waals surface area (Å²) in [6.45, 7) is 1.20. The molecule has 0 saturated carbocycles. The monoisotopic (exact) mass is 194 g/mol. The third-order valence-corrected chi connectivity index (χ3v) is 1.74. The summed E-state index contributed by atoms with van der Waals surface area (Å²) < 4.78 is 0. The number of carboxylic acid groups (broad SMARTS) is 1. The maximum Gasteiger partial charge on any atom is 0.332 e. The Balaban J connectivity index is 0.000000149. The van der Waals surface area contributed by atoms with Crippen molar-refractivity contribution in [1.82, 2.24) is 0 Å². The van der Waals surface area contributed by atoms with E-state index in [2.05, 4.69) is 0 Å². The average molecular weight is 194 g/mol. The minimum Gasteiger partial charge on any atom is -0.479 e. The zero-order valence-electron chi connectivity index (χ0n) is 7.60. The van der Waals surface area contributed by atoms with Gasteiger partial charge in [-0.05, 0) is 13.0 Å². The molecule has 0 spiro atoms. The van der Waals surface area contributed by atoms with Gasteiger partial charge in [0, 0.05) is 11.1 Å². The van der Waals surface area contributed by atoms with Crippen LogP contribution in [-0.4, -0.2) is 28.1 Å². The third-order valence-electron chi connectivity index (χ3n) is 1.74. The number of carbonyl (C=O) groups excluding carboxylic acids is 1. The highest BCUT2D eigenvalue weighted by Gasteiger charge is 2.17. The lowest BCUT2D eigenvalue weighted by Crippen LogP contribution is -2.13. The van der Waals surface area contributed by atoms with Crippen molar-refractivity contribution < 1.29 is 19.8 Å². The number of fused-ring (bicyclic) bond motifs is 2. The second kappa shape index (κ2) is 4.02. The van der Waals surface area contributed by atoms with Crippen LogP contribution in [0.4, 0.5) is 0 Å². The Bertz CT molecular complexity index is 339. The van der Waals surface area contributed by atoms with Gasteiger partial charge in [0.25, 0.3) is 0 Å². The Hall–Kier alpha value is -1.68. The van der Waals surface area contributed by atoms with Crippen LogP contribution in [0.3, 0.4) is 0 Å². The zero-order chi connectivity index (χ0) is 10.7. The van der Waals surface area contributed by atoms with Crippen LogP contribution >= 0.6 is 0 Å². The smallest absolute Gasteiger partial charge is 0.332 e. The van der Waals surface area contributed by atoms with E-state index in [1.807, 2.05) is 24.3 Å². The molecule has 1 aromatic rings. The molecule has 0 aliphatic heterocycles. The molecule has 74 valence electrons. The first kappa shape index (κ1) is 10.4. The second-order valence-electron chi connectivity index (χ2n) is 2.92. The Morgan fingerprint density at radius 1 is 1.36 bits per heavy atom. The lowest BCUT2D eigenvalue weighted by molar-refractivity contribution is -0.145. The lowest BCUT2D eigenvalue weighted by atomic mass is 9.92. The number of aliphatic hydroxyl groups is 1. The van der Waals surface area contributed by atoms with E-state index >= 15 is 0 Å². The molecule has 0 saturated heterocycles. The van der Waals surface area contributed by atoms with Gasteiger partial charge in [-0.2, -0.15) is 0 Å². The highest BCUT2D eigenvalue weighted by molar-refractivity contribution is 6.16. The second-order valence-corrected chi connectivity index (χ2v) is 2.92.